The van der Waals surface area contributed by atoms with E-state index in [2.05, 4.69) is 34.1 Å². The Bertz CT molecular complexity index is 418. The highest BCUT2D eigenvalue weighted by molar-refractivity contribution is 9.10. The van der Waals surface area contributed by atoms with Crippen molar-refractivity contribution in [1.29, 1.82) is 0 Å². The van der Waals surface area contributed by atoms with Gasteiger partial charge in [0.2, 0.25) is 0 Å². The van der Waals surface area contributed by atoms with Gasteiger partial charge >= 0.3 is 0 Å². The van der Waals surface area contributed by atoms with Crippen LogP contribution < -0.4 is 5.73 Å². The van der Waals surface area contributed by atoms with Crippen LogP contribution in [0.1, 0.15) is 31.2 Å². The number of rotatable bonds is 1. The largest absolute Gasteiger partial charge is 0.381 e. The molecule has 3 rings (SSSR count). The quantitative estimate of drug-likeness (QED) is 0.864. The van der Waals surface area contributed by atoms with Gasteiger partial charge in [-0.2, -0.15) is 0 Å². The van der Waals surface area contributed by atoms with E-state index >= 15 is 0 Å². The van der Waals surface area contributed by atoms with E-state index in [1.807, 2.05) is 6.07 Å². The minimum absolute atomic E-state index is 0.128. The molecule has 0 bridgehead atoms. The fourth-order valence-corrected chi connectivity index (χ4v) is 4.18. The van der Waals surface area contributed by atoms with Crippen molar-refractivity contribution < 1.29 is 4.74 Å². The summed E-state index contributed by atoms with van der Waals surface area (Å²) in [6, 6.07) is 8.35. The molecule has 1 aromatic carbocycles. The summed E-state index contributed by atoms with van der Waals surface area (Å²) in [7, 11) is 0. The van der Waals surface area contributed by atoms with E-state index in [1.54, 1.807) is 0 Å². The predicted molar refractivity (Wildman–Crippen MR) is 71.7 cm³/mol. The molecule has 0 radical (unpaired) electrons. The van der Waals surface area contributed by atoms with Crippen molar-refractivity contribution in [2.45, 2.75) is 31.2 Å². The maximum absolute atomic E-state index is 6.56. The maximum atomic E-state index is 6.56. The second kappa shape index (κ2) is 4.08. The van der Waals surface area contributed by atoms with Crippen LogP contribution in [-0.2, 0) is 10.3 Å². The zero-order valence-corrected chi connectivity index (χ0v) is 11.5. The summed E-state index contributed by atoms with van der Waals surface area (Å²) in [5.74, 6) is 0. The molecule has 1 saturated heterocycles. The molecular weight excluding hydrogens is 278 g/mol. The van der Waals surface area contributed by atoms with E-state index in [1.165, 1.54) is 18.4 Å². The zero-order valence-electron chi connectivity index (χ0n) is 9.92. The first-order chi connectivity index (χ1) is 8.14. The normalized spacial score (nSPS) is 25.5. The Morgan fingerprint density at radius 2 is 1.76 bits per heavy atom. The first-order valence-corrected chi connectivity index (χ1v) is 7.05. The second-order valence-corrected chi connectivity index (χ2v) is 6.46. The summed E-state index contributed by atoms with van der Waals surface area (Å²) in [6.45, 7) is 1.82. The van der Waals surface area contributed by atoms with Gasteiger partial charge in [-0.1, -0.05) is 34.1 Å². The lowest BCUT2D eigenvalue weighted by atomic mass is 9.52. The summed E-state index contributed by atoms with van der Waals surface area (Å²) in [5.41, 5.74) is 8.15. The molecule has 1 heterocycles. The Kier molecular flexibility index (Phi) is 2.80. The van der Waals surface area contributed by atoms with E-state index in [0.29, 0.717) is 5.41 Å². The van der Waals surface area contributed by atoms with Crippen LogP contribution >= 0.6 is 15.9 Å². The van der Waals surface area contributed by atoms with Crippen molar-refractivity contribution in [2.24, 2.45) is 11.1 Å². The standard InChI is InChI=1S/C14H18BrNO/c15-12-4-2-1-3-11(12)14(16)9-13(10-14)5-7-17-8-6-13/h1-4H,5-10,16H2. The van der Waals surface area contributed by atoms with Crippen LogP contribution in [0.3, 0.4) is 0 Å². The van der Waals surface area contributed by atoms with Crippen molar-refractivity contribution in [1.82, 2.24) is 0 Å². The molecule has 92 valence electrons. The molecule has 1 aromatic rings. The third-order valence-electron chi connectivity index (χ3n) is 4.34. The maximum Gasteiger partial charge on any atom is 0.0471 e. The Morgan fingerprint density at radius 3 is 2.41 bits per heavy atom. The van der Waals surface area contributed by atoms with E-state index < -0.39 is 0 Å². The van der Waals surface area contributed by atoms with E-state index in [4.69, 9.17) is 10.5 Å². The van der Waals surface area contributed by atoms with Gasteiger partial charge in [-0.15, -0.1) is 0 Å². The lowest BCUT2D eigenvalue weighted by Gasteiger charge is -2.56. The number of ether oxygens (including phenoxy) is 1. The molecule has 2 N–H and O–H groups in total. The molecule has 1 spiro atoms. The molecular formula is C14H18BrNO. The number of halogens is 1. The van der Waals surface area contributed by atoms with Crippen molar-refractivity contribution in [2.75, 3.05) is 13.2 Å². The molecule has 2 nitrogen and oxygen atoms in total. The molecule has 0 unspecified atom stereocenters. The van der Waals surface area contributed by atoms with Gasteiger partial charge in [0.15, 0.2) is 0 Å². The van der Waals surface area contributed by atoms with Crippen molar-refractivity contribution in [3.05, 3.63) is 34.3 Å². The molecule has 0 amide bonds. The van der Waals surface area contributed by atoms with Crippen LogP contribution in [0.5, 0.6) is 0 Å². The van der Waals surface area contributed by atoms with Crippen LogP contribution in [0, 0.1) is 5.41 Å². The first kappa shape index (κ1) is 11.7. The number of hydrogen-bond donors (Lipinski definition) is 1. The van der Waals surface area contributed by atoms with Crippen LogP contribution in [0.15, 0.2) is 28.7 Å². The SMILES string of the molecule is NC1(c2ccccc2Br)CC2(CCOCC2)C1. The van der Waals surface area contributed by atoms with Gasteiger partial charge in [0.05, 0.1) is 0 Å². The molecule has 17 heavy (non-hydrogen) atoms. The van der Waals surface area contributed by atoms with Crippen molar-refractivity contribution in [3.63, 3.8) is 0 Å². The average Bonchev–Trinajstić information content (AvgIpc) is 2.29. The predicted octanol–water partition coefficient (Wildman–Crippen LogP) is 3.19. The Hall–Kier alpha value is -0.380. The summed E-state index contributed by atoms with van der Waals surface area (Å²) in [4.78, 5) is 0. The van der Waals surface area contributed by atoms with Crippen LogP contribution in [0.25, 0.3) is 0 Å². The van der Waals surface area contributed by atoms with Crippen LogP contribution in [-0.4, -0.2) is 13.2 Å². The lowest BCUT2D eigenvalue weighted by molar-refractivity contribution is -0.0727. The molecule has 0 atom stereocenters. The number of nitrogens with two attached hydrogens (primary N) is 1. The molecule has 2 fully saturated rings. The van der Waals surface area contributed by atoms with Crippen molar-refractivity contribution >= 4 is 15.9 Å². The summed E-state index contributed by atoms with van der Waals surface area (Å²) >= 11 is 3.61. The number of hydrogen-bond acceptors (Lipinski definition) is 2. The number of benzene rings is 1. The van der Waals surface area contributed by atoms with Gasteiger partial charge in [0, 0.05) is 23.2 Å². The molecule has 3 heteroatoms. The first-order valence-electron chi connectivity index (χ1n) is 6.25. The molecule has 2 aliphatic rings. The van der Waals surface area contributed by atoms with Gasteiger partial charge in [0.25, 0.3) is 0 Å². The third kappa shape index (κ3) is 1.94. The molecule has 1 saturated carbocycles. The summed E-state index contributed by atoms with van der Waals surface area (Å²) in [5, 5.41) is 0. The van der Waals surface area contributed by atoms with Gasteiger partial charge < -0.3 is 10.5 Å². The second-order valence-electron chi connectivity index (χ2n) is 5.60. The van der Waals surface area contributed by atoms with Crippen LogP contribution in [0.4, 0.5) is 0 Å². The Morgan fingerprint density at radius 1 is 1.12 bits per heavy atom. The minimum atomic E-state index is -0.128. The Balaban J connectivity index is 1.80. The average molecular weight is 296 g/mol. The van der Waals surface area contributed by atoms with Gasteiger partial charge in [-0.3, -0.25) is 0 Å². The molecule has 1 aliphatic carbocycles. The smallest absolute Gasteiger partial charge is 0.0471 e. The van der Waals surface area contributed by atoms with Gasteiger partial charge in [-0.05, 0) is 42.7 Å². The molecule has 0 aromatic heterocycles. The zero-order chi connectivity index (χ0) is 11.9. The van der Waals surface area contributed by atoms with Crippen molar-refractivity contribution in [3.8, 4) is 0 Å². The van der Waals surface area contributed by atoms with Crippen LogP contribution in [0.2, 0.25) is 0 Å². The monoisotopic (exact) mass is 295 g/mol. The lowest BCUT2D eigenvalue weighted by Crippen LogP contribution is -2.57. The molecule has 1 aliphatic heterocycles. The summed E-state index contributed by atoms with van der Waals surface area (Å²) < 4.78 is 6.59. The third-order valence-corrected chi connectivity index (χ3v) is 5.04. The van der Waals surface area contributed by atoms with E-state index in [-0.39, 0.29) is 5.54 Å². The van der Waals surface area contributed by atoms with E-state index in [0.717, 1.165) is 30.5 Å². The van der Waals surface area contributed by atoms with Gasteiger partial charge in [-0.25, -0.2) is 0 Å². The summed E-state index contributed by atoms with van der Waals surface area (Å²) in [6.07, 6.45) is 4.56. The van der Waals surface area contributed by atoms with Gasteiger partial charge in [0.1, 0.15) is 0 Å². The Labute approximate surface area is 111 Å². The fourth-order valence-electron chi connectivity index (χ4n) is 3.50. The highest BCUT2D eigenvalue weighted by Gasteiger charge is 2.53. The topological polar surface area (TPSA) is 35.2 Å². The highest BCUT2D eigenvalue weighted by atomic mass is 79.9. The fraction of sp³-hybridized carbons (Fsp3) is 0.571. The minimum Gasteiger partial charge on any atom is -0.381 e. The van der Waals surface area contributed by atoms with E-state index in [9.17, 15) is 0 Å². The highest BCUT2D eigenvalue weighted by Crippen LogP contribution is 2.58.